The highest BCUT2D eigenvalue weighted by molar-refractivity contribution is 7.13. The van der Waals surface area contributed by atoms with E-state index < -0.39 is 5.97 Å². The highest BCUT2D eigenvalue weighted by atomic mass is 32.1. The van der Waals surface area contributed by atoms with Crippen molar-refractivity contribution in [3.63, 3.8) is 0 Å². The molecule has 0 atom stereocenters. The summed E-state index contributed by atoms with van der Waals surface area (Å²) in [4.78, 5) is 29.0. The van der Waals surface area contributed by atoms with E-state index in [4.69, 9.17) is 9.47 Å². The molecule has 0 fully saturated rings. The van der Waals surface area contributed by atoms with Crippen LogP contribution in [0.5, 0.6) is 5.75 Å². The van der Waals surface area contributed by atoms with E-state index in [0.717, 1.165) is 21.9 Å². The van der Waals surface area contributed by atoms with Gasteiger partial charge in [-0.3, -0.25) is 4.79 Å². The van der Waals surface area contributed by atoms with Crippen LogP contribution in [0, 0.1) is 11.8 Å². The van der Waals surface area contributed by atoms with Crippen molar-refractivity contribution in [1.82, 2.24) is 4.98 Å². The van der Waals surface area contributed by atoms with E-state index in [-0.39, 0.29) is 12.3 Å². The molecule has 1 amide bonds. The van der Waals surface area contributed by atoms with Crippen LogP contribution in [-0.2, 0) is 16.0 Å². The number of carbonyl (C=O) groups excluding carboxylic acids is 2. The third-order valence-corrected chi connectivity index (χ3v) is 6.02. The number of hydrogen-bond acceptors (Lipinski definition) is 6. The molecule has 1 N–H and O–H groups in total. The third-order valence-electron chi connectivity index (χ3n) is 5.09. The van der Waals surface area contributed by atoms with Crippen molar-refractivity contribution < 1.29 is 19.1 Å². The van der Waals surface area contributed by atoms with Crippen molar-refractivity contribution >= 4 is 28.9 Å². The van der Waals surface area contributed by atoms with Gasteiger partial charge in [-0.1, -0.05) is 36.1 Å². The molecule has 7 heteroatoms. The Kier molecular flexibility index (Phi) is 8.12. The number of amides is 1. The molecule has 4 rings (SSSR count). The monoisotopic (exact) mass is 496 g/mol. The van der Waals surface area contributed by atoms with Gasteiger partial charge in [-0.2, -0.15) is 0 Å². The summed E-state index contributed by atoms with van der Waals surface area (Å²) in [5, 5.41) is 5.62. The van der Waals surface area contributed by atoms with E-state index >= 15 is 0 Å². The van der Waals surface area contributed by atoms with Gasteiger partial charge in [-0.25, -0.2) is 9.78 Å². The van der Waals surface area contributed by atoms with Crippen LogP contribution in [0.2, 0.25) is 0 Å². The molecule has 0 spiro atoms. The van der Waals surface area contributed by atoms with E-state index in [1.54, 1.807) is 24.3 Å². The van der Waals surface area contributed by atoms with Gasteiger partial charge >= 0.3 is 5.97 Å². The molecule has 0 aliphatic carbocycles. The third kappa shape index (κ3) is 6.38. The van der Waals surface area contributed by atoms with Crippen molar-refractivity contribution in [1.29, 1.82) is 0 Å². The predicted molar refractivity (Wildman–Crippen MR) is 141 cm³/mol. The van der Waals surface area contributed by atoms with Crippen LogP contribution in [0.3, 0.4) is 0 Å². The molecule has 0 unspecified atom stereocenters. The van der Waals surface area contributed by atoms with E-state index in [0.29, 0.717) is 29.1 Å². The van der Waals surface area contributed by atoms with Crippen molar-refractivity contribution in [2.75, 3.05) is 19.0 Å². The largest absolute Gasteiger partial charge is 0.493 e. The average molecular weight is 497 g/mol. The molecule has 0 saturated carbocycles. The fraction of sp³-hybridized carbons (Fsp3) is 0.138. The van der Waals surface area contributed by atoms with Gasteiger partial charge in [-0.05, 0) is 55.5 Å². The molecule has 0 aliphatic heterocycles. The number of nitrogens with zero attached hydrogens (tertiary/aromatic N) is 1. The van der Waals surface area contributed by atoms with Gasteiger partial charge in [0.2, 0.25) is 5.91 Å². The summed E-state index contributed by atoms with van der Waals surface area (Å²) in [7, 11) is 1.34. The van der Waals surface area contributed by atoms with Crippen LogP contribution in [0.15, 0.2) is 78.2 Å². The number of methoxy groups -OCH3 is 1. The molecule has 0 bridgehead atoms. The number of anilines is 1. The first kappa shape index (κ1) is 24.7. The van der Waals surface area contributed by atoms with Crippen LogP contribution in [-0.4, -0.2) is 30.6 Å². The molecule has 1 heterocycles. The number of hydrogen-bond donors (Lipinski definition) is 1. The van der Waals surface area contributed by atoms with Crippen LogP contribution < -0.4 is 10.1 Å². The maximum atomic E-state index is 12.7. The lowest BCUT2D eigenvalue weighted by atomic mass is 10.1. The van der Waals surface area contributed by atoms with Gasteiger partial charge in [0.15, 0.2) is 0 Å². The van der Waals surface area contributed by atoms with Gasteiger partial charge in [-0.15, -0.1) is 11.3 Å². The zero-order valence-corrected chi connectivity index (χ0v) is 20.7. The lowest BCUT2D eigenvalue weighted by molar-refractivity contribution is -0.115. The fourth-order valence-electron chi connectivity index (χ4n) is 3.47. The summed E-state index contributed by atoms with van der Waals surface area (Å²) in [6, 6.07) is 22.0. The van der Waals surface area contributed by atoms with Crippen LogP contribution >= 0.6 is 11.3 Å². The minimum atomic E-state index is -0.408. The quantitative estimate of drug-likeness (QED) is 0.267. The van der Waals surface area contributed by atoms with E-state index in [2.05, 4.69) is 22.1 Å². The lowest BCUT2D eigenvalue weighted by Crippen LogP contribution is -2.14. The topological polar surface area (TPSA) is 77.5 Å². The second-order valence-electron chi connectivity index (χ2n) is 7.70. The summed E-state index contributed by atoms with van der Waals surface area (Å²) >= 11 is 1.48. The minimum absolute atomic E-state index is 0.156. The SMILES string of the molecule is CCOc1ccccc1-c1nc(CC(=O)Nc2cccc(C#Cc3cccc(C(=O)OC)c3)c2)cs1. The molecule has 36 heavy (non-hydrogen) atoms. The van der Waals surface area contributed by atoms with Crippen LogP contribution in [0.25, 0.3) is 10.6 Å². The Morgan fingerprint density at radius 2 is 1.72 bits per heavy atom. The smallest absolute Gasteiger partial charge is 0.337 e. The number of thiazole rings is 1. The fourth-order valence-corrected chi connectivity index (χ4v) is 4.32. The van der Waals surface area contributed by atoms with Crippen LogP contribution in [0.1, 0.15) is 34.1 Å². The lowest BCUT2D eigenvalue weighted by Gasteiger charge is -2.07. The standard InChI is InChI=1S/C29H24N2O4S/c1-3-35-26-13-5-4-12-25(26)28-31-24(19-36-28)18-27(32)30-23-11-7-9-21(17-23)15-14-20-8-6-10-22(16-20)29(33)34-2/h4-13,16-17,19H,3,18H2,1-2H3,(H,30,32). The van der Waals surface area contributed by atoms with E-state index in [9.17, 15) is 9.59 Å². The summed E-state index contributed by atoms with van der Waals surface area (Å²) < 4.78 is 10.4. The number of aromatic nitrogens is 1. The molecular weight excluding hydrogens is 472 g/mol. The minimum Gasteiger partial charge on any atom is -0.493 e. The van der Waals surface area contributed by atoms with Gasteiger partial charge < -0.3 is 14.8 Å². The summed E-state index contributed by atoms with van der Waals surface area (Å²) in [5.41, 5.74) is 4.13. The highest BCUT2D eigenvalue weighted by Crippen LogP contribution is 2.32. The van der Waals surface area contributed by atoms with E-state index in [1.165, 1.54) is 18.4 Å². The number of carbonyl (C=O) groups is 2. The first-order chi connectivity index (χ1) is 17.6. The first-order valence-corrected chi connectivity index (χ1v) is 12.2. The summed E-state index contributed by atoms with van der Waals surface area (Å²) in [6.45, 7) is 2.51. The normalized spacial score (nSPS) is 10.2. The number of rotatable bonds is 7. The maximum Gasteiger partial charge on any atom is 0.337 e. The van der Waals surface area contributed by atoms with Crippen molar-refractivity contribution in [3.8, 4) is 28.2 Å². The Labute approximate surface area is 213 Å². The zero-order valence-electron chi connectivity index (χ0n) is 19.9. The molecule has 4 aromatic rings. The van der Waals surface area contributed by atoms with Gasteiger partial charge in [0, 0.05) is 22.2 Å². The average Bonchev–Trinajstić information content (AvgIpc) is 3.36. The molecule has 0 saturated heterocycles. The molecule has 180 valence electrons. The van der Waals surface area contributed by atoms with Gasteiger partial charge in [0.05, 0.1) is 37.0 Å². The Balaban J connectivity index is 1.41. The number of para-hydroxylation sites is 1. The molecule has 0 radical (unpaired) electrons. The number of ether oxygens (including phenoxy) is 2. The molecule has 3 aromatic carbocycles. The molecular formula is C29H24N2O4S. The summed E-state index contributed by atoms with van der Waals surface area (Å²) in [5.74, 6) is 6.32. The van der Waals surface area contributed by atoms with Gasteiger partial charge in [0.1, 0.15) is 10.8 Å². The highest BCUT2D eigenvalue weighted by Gasteiger charge is 2.13. The van der Waals surface area contributed by atoms with Gasteiger partial charge in [0.25, 0.3) is 0 Å². The van der Waals surface area contributed by atoms with E-state index in [1.807, 2.05) is 60.8 Å². The van der Waals surface area contributed by atoms with Crippen molar-refractivity contribution in [2.24, 2.45) is 0 Å². The van der Waals surface area contributed by atoms with Crippen molar-refractivity contribution in [2.45, 2.75) is 13.3 Å². The molecule has 1 aromatic heterocycles. The Bertz CT molecular complexity index is 1450. The predicted octanol–water partition coefficient (Wildman–Crippen LogP) is 5.58. The summed E-state index contributed by atoms with van der Waals surface area (Å²) in [6.07, 6.45) is 0.156. The Morgan fingerprint density at radius 1 is 0.972 bits per heavy atom. The van der Waals surface area contributed by atoms with Crippen molar-refractivity contribution in [3.05, 3.63) is 101 Å². The molecule has 6 nitrogen and oxygen atoms in total. The Hall–Kier alpha value is -4.41. The zero-order chi connectivity index (χ0) is 25.3. The second kappa shape index (κ2) is 11.8. The first-order valence-electron chi connectivity index (χ1n) is 11.3. The Morgan fingerprint density at radius 3 is 2.50 bits per heavy atom. The second-order valence-corrected chi connectivity index (χ2v) is 8.56. The number of esters is 1. The number of benzene rings is 3. The molecule has 0 aliphatic rings. The van der Waals surface area contributed by atoms with Crippen LogP contribution in [0.4, 0.5) is 5.69 Å². The number of nitrogens with one attached hydrogen (secondary N) is 1. The maximum absolute atomic E-state index is 12.7.